The van der Waals surface area contributed by atoms with Crippen LogP contribution in [-0.2, 0) is 19.1 Å². The van der Waals surface area contributed by atoms with Crippen molar-refractivity contribution in [3.8, 4) is 0 Å². The number of carbonyl (C=O) groups is 3. The molecule has 0 aliphatic carbocycles. The molecule has 2 fully saturated rings. The summed E-state index contributed by atoms with van der Waals surface area (Å²) in [5, 5.41) is 9.04. The number of likely N-dealkylation sites (tertiary alicyclic amines) is 1. The summed E-state index contributed by atoms with van der Waals surface area (Å²) >= 11 is 0. The Morgan fingerprint density at radius 2 is 1.94 bits per heavy atom. The summed E-state index contributed by atoms with van der Waals surface area (Å²) in [5.41, 5.74) is 0. The van der Waals surface area contributed by atoms with Gasteiger partial charge in [-0.2, -0.15) is 0 Å². The number of imide groups is 1. The number of morpholine rings is 1. The molecule has 0 radical (unpaired) electrons. The van der Waals surface area contributed by atoms with Crippen molar-refractivity contribution in [1.82, 2.24) is 9.80 Å². The summed E-state index contributed by atoms with van der Waals surface area (Å²) in [6.45, 7) is 1.79. The Hall–Kier alpha value is -1.47. The van der Waals surface area contributed by atoms with Gasteiger partial charge < -0.3 is 9.84 Å². The van der Waals surface area contributed by atoms with Crippen LogP contribution in [0.2, 0.25) is 0 Å². The van der Waals surface area contributed by atoms with Crippen LogP contribution in [0.15, 0.2) is 0 Å². The lowest BCUT2D eigenvalue weighted by Gasteiger charge is -2.33. The fourth-order valence-electron chi connectivity index (χ4n) is 2.23. The second-order valence-corrected chi connectivity index (χ2v) is 4.40. The zero-order chi connectivity index (χ0) is 13.1. The molecule has 0 spiro atoms. The number of hydrogen-bond donors (Lipinski definition) is 1. The maximum absolute atomic E-state index is 11.4. The minimum Gasteiger partial charge on any atom is -0.480 e. The average Bonchev–Trinajstić information content (AvgIpc) is 2.67. The first-order chi connectivity index (χ1) is 8.59. The van der Waals surface area contributed by atoms with Crippen molar-refractivity contribution in [3.63, 3.8) is 0 Å². The van der Waals surface area contributed by atoms with Gasteiger partial charge in [0.1, 0.15) is 6.04 Å². The van der Waals surface area contributed by atoms with Crippen molar-refractivity contribution >= 4 is 17.8 Å². The molecule has 7 nitrogen and oxygen atoms in total. The SMILES string of the molecule is O=C(O)C1COCCN1CCN1C(=O)CCC1=O. The van der Waals surface area contributed by atoms with Gasteiger partial charge in [0.05, 0.1) is 13.2 Å². The second-order valence-electron chi connectivity index (χ2n) is 4.40. The van der Waals surface area contributed by atoms with E-state index in [0.29, 0.717) is 19.7 Å². The van der Waals surface area contributed by atoms with Gasteiger partial charge in [0.25, 0.3) is 0 Å². The molecule has 1 atom stereocenters. The summed E-state index contributed by atoms with van der Waals surface area (Å²) in [5.74, 6) is -1.27. The van der Waals surface area contributed by atoms with Crippen LogP contribution in [0, 0.1) is 0 Å². The standard InChI is InChI=1S/C11H16N2O5/c14-9-1-2-10(15)13(9)4-3-12-5-6-18-7-8(12)11(16)17/h8H,1-7H2,(H,16,17). The molecule has 0 aromatic rings. The summed E-state index contributed by atoms with van der Waals surface area (Å²) in [6.07, 6.45) is 0.536. The maximum Gasteiger partial charge on any atom is 0.323 e. The number of ether oxygens (including phenoxy) is 1. The first-order valence-corrected chi connectivity index (χ1v) is 5.97. The topological polar surface area (TPSA) is 87.2 Å². The molecule has 0 aromatic heterocycles. The number of rotatable bonds is 4. The molecular formula is C11H16N2O5. The first kappa shape index (κ1) is 13.0. The van der Waals surface area contributed by atoms with Crippen molar-refractivity contribution in [2.45, 2.75) is 18.9 Å². The van der Waals surface area contributed by atoms with E-state index in [2.05, 4.69) is 0 Å². The van der Waals surface area contributed by atoms with E-state index in [0.717, 1.165) is 0 Å². The van der Waals surface area contributed by atoms with Gasteiger partial charge in [0.15, 0.2) is 0 Å². The molecule has 2 heterocycles. The van der Waals surface area contributed by atoms with E-state index in [-0.39, 0.29) is 37.8 Å². The predicted molar refractivity (Wildman–Crippen MR) is 59.8 cm³/mol. The number of carboxylic acids is 1. The lowest BCUT2D eigenvalue weighted by Crippen LogP contribution is -2.52. The third-order valence-corrected chi connectivity index (χ3v) is 3.29. The summed E-state index contributed by atoms with van der Waals surface area (Å²) < 4.78 is 5.12. The van der Waals surface area contributed by atoms with Gasteiger partial charge in [-0.05, 0) is 0 Å². The molecule has 2 aliphatic rings. The minimum atomic E-state index is -0.936. The fourth-order valence-corrected chi connectivity index (χ4v) is 2.23. The molecule has 0 bridgehead atoms. The fraction of sp³-hybridized carbons (Fsp3) is 0.727. The predicted octanol–water partition coefficient (Wildman–Crippen LogP) is -1.08. The van der Waals surface area contributed by atoms with Crippen LogP contribution in [0.25, 0.3) is 0 Å². The Bertz CT molecular complexity index is 354. The summed E-state index contributed by atoms with van der Waals surface area (Å²) in [4.78, 5) is 36.8. The molecule has 2 saturated heterocycles. The quantitative estimate of drug-likeness (QED) is 0.644. The largest absolute Gasteiger partial charge is 0.480 e. The van der Waals surface area contributed by atoms with E-state index in [9.17, 15) is 14.4 Å². The number of nitrogens with zero attached hydrogens (tertiary/aromatic N) is 2. The molecule has 18 heavy (non-hydrogen) atoms. The minimum absolute atomic E-state index is 0.150. The van der Waals surface area contributed by atoms with Crippen LogP contribution in [0.5, 0.6) is 0 Å². The van der Waals surface area contributed by atoms with Crippen molar-refractivity contribution in [2.24, 2.45) is 0 Å². The Morgan fingerprint density at radius 1 is 1.28 bits per heavy atom. The lowest BCUT2D eigenvalue weighted by molar-refractivity contribution is -0.149. The van der Waals surface area contributed by atoms with Gasteiger partial charge in [-0.15, -0.1) is 0 Å². The van der Waals surface area contributed by atoms with Gasteiger partial charge in [-0.25, -0.2) is 0 Å². The maximum atomic E-state index is 11.4. The first-order valence-electron chi connectivity index (χ1n) is 5.97. The third-order valence-electron chi connectivity index (χ3n) is 3.29. The Labute approximate surface area is 104 Å². The third kappa shape index (κ3) is 2.68. The molecule has 0 saturated carbocycles. The van der Waals surface area contributed by atoms with E-state index in [1.54, 1.807) is 4.90 Å². The van der Waals surface area contributed by atoms with Gasteiger partial charge >= 0.3 is 5.97 Å². The number of aliphatic carboxylic acids is 1. The smallest absolute Gasteiger partial charge is 0.323 e. The molecule has 1 N–H and O–H groups in total. The highest BCUT2D eigenvalue weighted by Gasteiger charge is 2.32. The molecule has 2 rings (SSSR count). The molecular weight excluding hydrogens is 240 g/mol. The lowest BCUT2D eigenvalue weighted by atomic mass is 10.2. The van der Waals surface area contributed by atoms with Crippen LogP contribution in [0.1, 0.15) is 12.8 Å². The molecule has 100 valence electrons. The Balaban J connectivity index is 1.90. The van der Waals surface area contributed by atoms with Crippen LogP contribution in [0.4, 0.5) is 0 Å². The average molecular weight is 256 g/mol. The molecule has 2 aliphatic heterocycles. The van der Waals surface area contributed by atoms with Crippen molar-refractivity contribution in [3.05, 3.63) is 0 Å². The normalized spacial score (nSPS) is 25.8. The van der Waals surface area contributed by atoms with E-state index < -0.39 is 12.0 Å². The summed E-state index contributed by atoms with van der Waals surface area (Å²) in [6, 6.07) is -0.688. The number of hydrogen-bond acceptors (Lipinski definition) is 5. The number of carboxylic acid groups (broad SMARTS) is 1. The number of amides is 2. The Kier molecular flexibility index (Phi) is 3.93. The zero-order valence-corrected chi connectivity index (χ0v) is 10.0. The Morgan fingerprint density at radius 3 is 2.56 bits per heavy atom. The van der Waals surface area contributed by atoms with Gasteiger partial charge in [-0.1, -0.05) is 0 Å². The summed E-state index contributed by atoms with van der Waals surface area (Å²) in [7, 11) is 0. The molecule has 2 amide bonds. The van der Waals surface area contributed by atoms with Crippen molar-refractivity contribution in [2.75, 3.05) is 32.8 Å². The van der Waals surface area contributed by atoms with Crippen molar-refractivity contribution in [1.29, 1.82) is 0 Å². The van der Waals surface area contributed by atoms with Crippen LogP contribution in [-0.4, -0.2) is 71.6 Å². The highest BCUT2D eigenvalue weighted by Crippen LogP contribution is 2.13. The van der Waals surface area contributed by atoms with Crippen LogP contribution in [0.3, 0.4) is 0 Å². The van der Waals surface area contributed by atoms with Crippen LogP contribution < -0.4 is 0 Å². The van der Waals surface area contributed by atoms with E-state index in [1.807, 2.05) is 0 Å². The van der Waals surface area contributed by atoms with Crippen molar-refractivity contribution < 1.29 is 24.2 Å². The van der Waals surface area contributed by atoms with E-state index in [4.69, 9.17) is 9.84 Å². The molecule has 0 aromatic carbocycles. The monoisotopic (exact) mass is 256 g/mol. The molecule has 1 unspecified atom stereocenters. The van der Waals surface area contributed by atoms with Gasteiger partial charge in [0, 0.05) is 32.5 Å². The zero-order valence-electron chi connectivity index (χ0n) is 10.0. The highest BCUT2D eigenvalue weighted by molar-refractivity contribution is 6.01. The van der Waals surface area contributed by atoms with E-state index in [1.165, 1.54) is 4.90 Å². The second kappa shape index (κ2) is 5.45. The van der Waals surface area contributed by atoms with Gasteiger partial charge in [0.2, 0.25) is 11.8 Å². The highest BCUT2D eigenvalue weighted by atomic mass is 16.5. The van der Waals surface area contributed by atoms with Gasteiger partial charge in [-0.3, -0.25) is 24.2 Å². The van der Waals surface area contributed by atoms with E-state index >= 15 is 0 Å². The van der Waals surface area contributed by atoms with Crippen LogP contribution >= 0.6 is 0 Å². The molecule has 7 heteroatoms. The number of carbonyl (C=O) groups excluding carboxylic acids is 2.